The lowest BCUT2D eigenvalue weighted by Crippen LogP contribution is -2.08. The van der Waals surface area contributed by atoms with Crippen molar-refractivity contribution >= 4 is 0 Å². The first kappa shape index (κ1) is 12.9. The molecular weight excluding hydrogens is 220 g/mol. The van der Waals surface area contributed by atoms with E-state index in [1.54, 1.807) is 0 Å². The molecule has 2 heteroatoms. The average Bonchev–Trinajstić information content (AvgIpc) is 2.58. The Bertz CT molecular complexity index is 538. The van der Waals surface area contributed by atoms with Crippen LogP contribution in [0.1, 0.15) is 28.1 Å². The van der Waals surface area contributed by atoms with E-state index in [1.165, 1.54) is 28.1 Å². The quantitative estimate of drug-likeness (QED) is 0.871. The molecule has 0 saturated carbocycles. The van der Waals surface area contributed by atoms with Crippen molar-refractivity contribution in [3.05, 3.63) is 58.4 Å². The monoisotopic (exact) mass is 242 g/mol. The summed E-state index contributed by atoms with van der Waals surface area (Å²) in [6.45, 7) is 8.43. The summed E-state index contributed by atoms with van der Waals surface area (Å²) in [6, 6.07) is 11.0. The third kappa shape index (κ3) is 2.65. The van der Waals surface area contributed by atoms with Gasteiger partial charge >= 0.3 is 0 Å². The molecule has 0 atom stereocenters. The molecule has 1 aromatic carbocycles. The Labute approximate surface area is 110 Å². The molecule has 0 unspecified atom stereocenters. The van der Waals surface area contributed by atoms with Crippen molar-refractivity contribution in [1.82, 2.24) is 9.88 Å². The number of aromatic nitrogens is 1. The normalized spacial score (nSPS) is 10.9. The van der Waals surface area contributed by atoms with Gasteiger partial charge in [-0.1, -0.05) is 29.8 Å². The standard InChI is InChI=1S/C16H22N2/c1-12-6-5-7-15(8-12)11-18-13(2)9-16(10-17-4)14(18)3/h5-9,17H,10-11H2,1-4H3. The van der Waals surface area contributed by atoms with Gasteiger partial charge in [-0.2, -0.15) is 0 Å². The summed E-state index contributed by atoms with van der Waals surface area (Å²) in [4.78, 5) is 0. The molecule has 0 fully saturated rings. The van der Waals surface area contributed by atoms with Gasteiger partial charge in [0.1, 0.15) is 0 Å². The first-order valence-electron chi connectivity index (χ1n) is 6.47. The van der Waals surface area contributed by atoms with E-state index in [-0.39, 0.29) is 0 Å². The minimum atomic E-state index is 0.938. The van der Waals surface area contributed by atoms with Crippen LogP contribution in [0.25, 0.3) is 0 Å². The van der Waals surface area contributed by atoms with Crippen LogP contribution in [-0.4, -0.2) is 11.6 Å². The predicted octanol–water partition coefficient (Wildman–Crippen LogP) is 3.18. The van der Waals surface area contributed by atoms with Crippen LogP contribution in [0, 0.1) is 20.8 Å². The summed E-state index contributed by atoms with van der Waals surface area (Å²) < 4.78 is 2.39. The molecule has 2 aromatic rings. The highest BCUT2D eigenvalue weighted by Gasteiger charge is 2.08. The van der Waals surface area contributed by atoms with Gasteiger partial charge in [-0.25, -0.2) is 0 Å². The van der Waals surface area contributed by atoms with Gasteiger partial charge in [0, 0.05) is 24.5 Å². The molecule has 0 radical (unpaired) electrons. The second kappa shape index (κ2) is 5.40. The van der Waals surface area contributed by atoms with Crippen LogP contribution in [0.15, 0.2) is 30.3 Å². The topological polar surface area (TPSA) is 17.0 Å². The Morgan fingerprint density at radius 3 is 2.56 bits per heavy atom. The molecule has 2 rings (SSSR count). The molecule has 0 saturated heterocycles. The minimum absolute atomic E-state index is 0.938. The van der Waals surface area contributed by atoms with Crippen molar-refractivity contribution in [1.29, 1.82) is 0 Å². The van der Waals surface area contributed by atoms with Crippen molar-refractivity contribution < 1.29 is 0 Å². The van der Waals surface area contributed by atoms with Crippen LogP contribution in [0.4, 0.5) is 0 Å². The van der Waals surface area contributed by atoms with Gasteiger partial charge in [0.25, 0.3) is 0 Å². The lowest BCUT2D eigenvalue weighted by Gasteiger charge is -2.10. The maximum Gasteiger partial charge on any atom is 0.0475 e. The van der Waals surface area contributed by atoms with Crippen LogP contribution in [0.2, 0.25) is 0 Å². The van der Waals surface area contributed by atoms with E-state index in [0.717, 1.165) is 13.1 Å². The molecule has 1 aromatic heterocycles. The molecule has 0 spiro atoms. The summed E-state index contributed by atoms with van der Waals surface area (Å²) in [5.41, 5.74) is 6.78. The fraction of sp³-hybridized carbons (Fsp3) is 0.375. The highest BCUT2D eigenvalue weighted by molar-refractivity contribution is 5.29. The van der Waals surface area contributed by atoms with Gasteiger partial charge in [0.15, 0.2) is 0 Å². The summed E-state index contributed by atoms with van der Waals surface area (Å²) >= 11 is 0. The van der Waals surface area contributed by atoms with Gasteiger partial charge in [-0.05, 0) is 45.0 Å². The number of nitrogens with zero attached hydrogens (tertiary/aromatic N) is 1. The second-order valence-corrected chi connectivity index (χ2v) is 5.00. The molecule has 0 amide bonds. The zero-order chi connectivity index (χ0) is 13.1. The maximum absolute atomic E-state index is 3.23. The molecule has 96 valence electrons. The Hall–Kier alpha value is -1.54. The van der Waals surface area contributed by atoms with Crippen molar-refractivity contribution in [2.45, 2.75) is 33.9 Å². The van der Waals surface area contributed by atoms with Gasteiger partial charge in [-0.3, -0.25) is 0 Å². The molecular formula is C16H22N2. The molecule has 0 aliphatic rings. The number of aryl methyl sites for hydroxylation is 2. The number of benzene rings is 1. The zero-order valence-corrected chi connectivity index (χ0v) is 11.7. The van der Waals surface area contributed by atoms with Gasteiger partial charge in [-0.15, -0.1) is 0 Å². The van der Waals surface area contributed by atoms with Crippen LogP contribution >= 0.6 is 0 Å². The van der Waals surface area contributed by atoms with Crippen molar-refractivity contribution in [2.75, 3.05) is 7.05 Å². The van der Waals surface area contributed by atoms with Gasteiger partial charge in [0.05, 0.1) is 0 Å². The van der Waals surface area contributed by atoms with Crippen molar-refractivity contribution in [2.24, 2.45) is 0 Å². The third-order valence-electron chi connectivity index (χ3n) is 3.47. The van der Waals surface area contributed by atoms with Crippen molar-refractivity contribution in [3.63, 3.8) is 0 Å². The number of hydrogen-bond donors (Lipinski definition) is 1. The van der Waals surface area contributed by atoms with Gasteiger partial charge in [0.2, 0.25) is 0 Å². The second-order valence-electron chi connectivity index (χ2n) is 5.00. The first-order valence-corrected chi connectivity index (χ1v) is 6.47. The van der Waals surface area contributed by atoms with Crippen LogP contribution in [-0.2, 0) is 13.1 Å². The number of rotatable bonds is 4. The van der Waals surface area contributed by atoms with E-state index in [0.29, 0.717) is 0 Å². The smallest absolute Gasteiger partial charge is 0.0475 e. The SMILES string of the molecule is CNCc1cc(C)n(Cc2cccc(C)c2)c1C. The Balaban J connectivity index is 2.29. The fourth-order valence-electron chi connectivity index (χ4n) is 2.48. The Kier molecular flexibility index (Phi) is 3.87. The largest absolute Gasteiger partial charge is 0.344 e. The van der Waals surface area contributed by atoms with Gasteiger partial charge < -0.3 is 9.88 Å². The van der Waals surface area contributed by atoms with E-state index in [9.17, 15) is 0 Å². The third-order valence-corrected chi connectivity index (χ3v) is 3.47. The van der Waals surface area contributed by atoms with E-state index in [1.807, 2.05) is 7.05 Å². The van der Waals surface area contributed by atoms with E-state index >= 15 is 0 Å². The van der Waals surface area contributed by atoms with Crippen molar-refractivity contribution in [3.8, 4) is 0 Å². The summed E-state index contributed by atoms with van der Waals surface area (Å²) in [6.07, 6.45) is 0. The summed E-state index contributed by atoms with van der Waals surface area (Å²) in [7, 11) is 1.99. The molecule has 0 aliphatic carbocycles. The first-order chi connectivity index (χ1) is 8.61. The van der Waals surface area contributed by atoms with Crippen LogP contribution in [0.3, 0.4) is 0 Å². The lowest BCUT2D eigenvalue weighted by molar-refractivity contribution is 0.734. The summed E-state index contributed by atoms with van der Waals surface area (Å²) in [5, 5.41) is 3.23. The molecule has 0 aliphatic heterocycles. The van der Waals surface area contributed by atoms with E-state index in [4.69, 9.17) is 0 Å². The Morgan fingerprint density at radius 2 is 1.89 bits per heavy atom. The molecule has 18 heavy (non-hydrogen) atoms. The molecule has 2 nitrogen and oxygen atoms in total. The maximum atomic E-state index is 3.23. The Morgan fingerprint density at radius 1 is 1.11 bits per heavy atom. The number of hydrogen-bond acceptors (Lipinski definition) is 1. The average molecular weight is 242 g/mol. The number of nitrogens with one attached hydrogen (secondary N) is 1. The zero-order valence-electron chi connectivity index (χ0n) is 11.7. The summed E-state index contributed by atoms with van der Waals surface area (Å²) in [5.74, 6) is 0. The van der Waals surface area contributed by atoms with E-state index < -0.39 is 0 Å². The van der Waals surface area contributed by atoms with Crippen LogP contribution < -0.4 is 5.32 Å². The molecule has 1 N–H and O–H groups in total. The minimum Gasteiger partial charge on any atom is -0.344 e. The highest BCUT2D eigenvalue weighted by atomic mass is 15.0. The fourth-order valence-corrected chi connectivity index (χ4v) is 2.48. The highest BCUT2D eigenvalue weighted by Crippen LogP contribution is 2.17. The predicted molar refractivity (Wildman–Crippen MR) is 77.0 cm³/mol. The lowest BCUT2D eigenvalue weighted by atomic mass is 10.1. The van der Waals surface area contributed by atoms with Crippen LogP contribution in [0.5, 0.6) is 0 Å². The molecule has 0 bridgehead atoms. The molecule has 1 heterocycles. The van der Waals surface area contributed by atoms with E-state index in [2.05, 4.69) is 61.0 Å².